The van der Waals surface area contributed by atoms with Crippen molar-refractivity contribution in [2.75, 3.05) is 11.9 Å². The number of hydrogen-bond acceptors (Lipinski definition) is 8. The summed E-state index contributed by atoms with van der Waals surface area (Å²) in [7, 11) is 0. The molecule has 1 saturated carbocycles. The SMILES string of the molecule is O=C(CC1(Cn2cnnn2)CCCCC1)Nc1nnc(C2CCCO2)s1. The van der Waals surface area contributed by atoms with Crippen molar-refractivity contribution in [3.8, 4) is 0 Å². The summed E-state index contributed by atoms with van der Waals surface area (Å²) in [5, 5.41) is 24.0. The molecule has 0 bridgehead atoms. The van der Waals surface area contributed by atoms with E-state index in [9.17, 15) is 4.79 Å². The van der Waals surface area contributed by atoms with Crippen molar-refractivity contribution >= 4 is 22.4 Å². The molecule has 1 saturated heterocycles. The Bertz CT molecular complexity index is 721. The zero-order valence-corrected chi connectivity index (χ0v) is 15.5. The smallest absolute Gasteiger partial charge is 0.226 e. The first-order chi connectivity index (χ1) is 12.7. The van der Waals surface area contributed by atoms with E-state index >= 15 is 0 Å². The fourth-order valence-corrected chi connectivity index (χ4v) is 4.82. The molecular weight excluding hydrogens is 354 g/mol. The quantitative estimate of drug-likeness (QED) is 0.823. The molecule has 2 aromatic heterocycles. The van der Waals surface area contributed by atoms with Crippen LogP contribution in [-0.2, 0) is 16.1 Å². The number of hydrogen-bond donors (Lipinski definition) is 1. The molecule has 1 amide bonds. The third-order valence-electron chi connectivity index (χ3n) is 5.23. The molecule has 0 spiro atoms. The Balaban J connectivity index is 1.40. The average molecular weight is 377 g/mol. The number of nitrogens with zero attached hydrogens (tertiary/aromatic N) is 6. The highest BCUT2D eigenvalue weighted by Crippen LogP contribution is 2.41. The standard InChI is InChI=1S/C16H23N7O2S/c24-13(18-15-20-19-14(26-15)12-5-4-8-25-12)9-16(6-2-1-3-7-16)10-23-11-17-21-22-23/h11-12H,1-10H2,(H,18,20,24). The Morgan fingerprint density at radius 1 is 1.31 bits per heavy atom. The number of aromatic nitrogens is 6. The third-order valence-corrected chi connectivity index (χ3v) is 6.16. The zero-order chi connectivity index (χ0) is 17.8. The predicted molar refractivity (Wildman–Crippen MR) is 94.4 cm³/mol. The lowest BCUT2D eigenvalue weighted by Gasteiger charge is -2.36. The fraction of sp³-hybridized carbons (Fsp3) is 0.750. The maximum absolute atomic E-state index is 12.7. The van der Waals surface area contributed by atoms with E-state index in [0.29, 0.717) is 18.1 Å². The van der Waals surface area contributed by atoms with Gasteiger partial charge in [0, 0.05) is 13.0 Å². The van der Waals surface area contributed by atoms with Gasteiger partial charge in [-0.15, -0.1) is 15.3 Å². The molecule has 4 rings (SSSR count). The highest BCUT2D eigenvalue weighted by molar-refractivity contribution is 7.15. The van der Waals surface area contributed by atoms with Crippen LogP contribution in [0.15, 0.2) is 6.33 Å². The fourth-order valence-electron chi connectivity index (χ4n) is 3.98. The lowest BCUT2D eigenvalue weighted by molar-refractivity contribution is -0.119. The summed E-state index contributed by atoms with van der Waals surface area (Å²) < 4.78 is 7.36. The summed E-state index contributed by atoms with van der Waals surface area (Å²) in [6.45, 7) is 1.44. The predicted octanol–water partition coefficient (Wildman–Crippen LogP) is 2.36. The molecule has 140 valence electrons. The van der Waals surface area contributed by atoms with Gasteiger partial charge in [0.05, 0.1) is 6.54 Å². The molecule has 26 heavy (non-hydrogen) atoms. The molecule has 1 atom stereocenters. The first kappa shape index (κ1) is 17.5. The van der Waals surface area contributed by atoms with Gasteiger partial charge < -0.3 is 10.1 Å². The number of carbonyl (C=O) groups is 1. The summed E-state index contributed by atoms with van der Waals surface area (Å²) in [6.07, 6.45) is 9.63. The Morgan fingerprint density at radius 3 is 2.92 bits per heavy atom. The van der Waals surface area contributed by atoms with Gasteiger partial charge in [-0.05, 0) is 41.5 Å². The maximum Gasteiger partial charge on any atom is 0.226 e. The normalized spacial score (nSPS) is 22.4. The van der Waals surface area contributed by atoms with Gasteiger partial charge >= 0.3 is 0 Å². The van der Waals surface area contributed by atoms with Crippen LogP contribution in [0, 0.1) is 5.41 Å². The number of anilines is 1. The van der Waals surface area contributed by atoms with Crippen LogP contribution in [0.25, 0.3) is 0 Å². The van der Waals surface area contributed by atoms with Crippen LogP contribution in [0.5, 0.6) is 0 Å². The van der Waals surface area contributed by atoms with E-state index in [1.807, 2.05) is 0 Å². The second-order valence-electron chi connectivity index (χ2n) is 7.24. The molecule has 9 nitrogen and oxygen atoms in total. The van der Waals surface area contributed by atoms with Gasteiger partial charge in [-0.3, -0.25) is 4.79 Å². The van der Waals surface area contributed by atoms with Crippen LogP contribution in [0.4, 0.5) is 5.13 Å². The van der Waals surface area contributed by atoms with Crippen molar-refractivity contribution in [3.63, 3.8) is 0 Å². The van der Waals surface area contributed by atoms with Crippen molar-refractivity contribution in [1.29, 1.82) is 0 Å². The summed E-state index contributed by atoms with van der Waals surface area (Å²) in [5.74, 6) is -0.0185. The van der Waals surface area contributed by atoms with Gasteiger partial charge in [0.1, 0.15) is 17.4 Å². The van der Waals surface area contributed by atoms with E-state index in [-0.39, 0.29) is 17.4 Å². The van der Waals surface area contributed by atoms with Crippen LogP contribution >= 0.6 is 11.3 Å². The zero-order valence-electron chi connectivity index (χ0n) is 14.6. The maximum atomic E-state index is 12.7. The highest BCUT2D eigenvalue weighted by atomic mass is 32.1. The molecule has 1 unspecified atom stereocenters. The molecule has 2 fully saturated rings. The molecular formula is C16H23N7O2S. The average Bonchev–Trinajstić information content (AvgIpc) is 3.37. The van der Waals surface area contributed by atoms with E-state index in [0.717, 1.165) is 50.1 Å². The minimum atomic E-state index is -0.0974. The van der Waals surface area contributed by atoms with Gasteiger partial charge in [0.25, 0.3) is 0 Å². The van der Waals surface area contributed by atoms with E-state index in [1.54, 1.807) is 11.0 Å². The van der Waals surface area contributed by atoms with E-state index in [2.05, 4.69) is 31.0 Å². The Kier molecular flexibility index (Phi) is 5.21. The second kappa shape index (κ2) is 7.75. The van der Waals surface area contributed by atoms with Crippen molar-refractivity contribution < 1.29 is 9.53 Å². The van der Waals surface area contributed by atoms with Crippen molar-refractivity contribution in [1.82, 2.24) is 30.4 Å². The molecule has 0 aromatic carbocycles. The van der Waals surface area contributed by atoms with Gasteiger partial charge in [-0.2, -0.15) is 0 Å². The molecule has 2 aliphatic rings. The van der Waals surface area contributed by atoms with Gasteiger partial charge in [0.15, 0.2) is 0 Å². The van der Waals surface area contributed by atoms with E-state index < -0.39 is 0 Å². The van der Waals surface area contributed by atoms with Crippen LogP contribution in [-0.4, -0.2) is 42.9 Å². The Morgan fingerprint density at radius 2 is 2.19 bits per heavy atom. The lowest BCUT2D eigenvalue weighted by Crippen LogP contribution is -2.34. The molecule has 3 heterocycles. The highest BCUT2D eigenvalue weighted by Gasteiger charge is 2.35. The summed E-state index contributed by atoms with van der Waals surface area (Å²) in [4.78, 5) is 12.7. The van der Waals surface area contributed by atoms with Crippen molar-refractivity contribution in [2.45, 2.75) is 64.0 Å². The van der Waals surface area contributed by atoms with Crippen LogP contribution in [0.2, 0.25) is 0 Å². The molecule has 1 aliphatic heterocycles. The lowest BCUT2D eigenvalue weighted by atomic mass is 9.71. The molecule has 10 heteroatoms. The molecule has 2 aromatic rings. The topological polar surface area (TPSA) is 108 Å². The number of carbonyl (C=O) groups excluding carboxylic acids is 1. The summed E-state index contributed by atoms with van der Waals surface area (Å²) in [5.41, 5.74) is -0.0974. The minimum Gasteiger partial charge on any atom is -0.371 e. The van der Waals surface area contributed by atoms with Crippen molar-refractivity contribution in [3.05, 3.63) is 11.3 Å². The molecule has 1 N–H and O–H groups in total. The monoisotopic (exact) mass is 377 g/mol. The largest absolute Gasteiger partial charge is 0.371 e. The number of tetrazole rings is 1. The second-order valence-corrected chi connectivity index (χ2v) is 8.25. The Labute approximate surface area is 155 Å². The van der Waals surface area contributed by atoms with Gasteiger partial charge in [-0.25, -0.2) is 4.68 Å². The first-order valence-electron chi connectivity index (χ1n) is 9.18. The third kappa shape index (κ3) is 4.07. The summed E-state index contributed by atoms with van der Waals surface area (Å²) in [6, 6.07) is 0. The van der Waals surface area contributed by atoms with Gasteiger partial charge in [0.2, 0.25) is 11.0 Å². The van der Waals surface area contributed by atoms with Gasteiger partial charge in [-0.1, -0.05) is 30.6 Å². The minimum absolute atomic E-state index is 0.0185. The Hall–Kier alpha value is -1.94. The first-order valence-corrected chi connectivity index (χ1v) is 10.00. The number of nitrogens with one attached hydrogen (secondary N) is 1. The van der Waals surface area contributed by atoms with Crippen LogP contribution in [0.3, 0.4) is 0 Å². The molecule has 1 aliphatic carbocycles. The molecule has 0 radical (unpaired) electrons. The number of ether oxygens (including phenoxy) is 1. The number of amides is 1. The van der Waals surface area contributed by atoms with Crippen LogP contribution in [0.1, 0.15) is 62.5 Å². The number of rotatable bonds is 6. The summed E-state index contributed by atoms with van der Waals surface area (Å²) >= 11 is 1.41. The van der Waals surface area contributed by atoms with Crippen molar-refractivity contribution in [2.24, 2.45) is 5.41 Å². The van der Waals surface area contributed by atoms with Crippen LogP contribution < -0.4 is 5.32 Å². The van der Waals surface area contributed by atoms with E-state index in [1.165, 1.54) is 17.8 Å². The van der Waals surface area contributed by atoms with E-state index in [4.69, 9.17) is 4.74 Å².